The highest BCUT2D eigenvalue weighted by molar-refractivity contribution is 6.01. The maximum Gasteiger partial charge on any atom is 0.407 e. The monoisotopic (exact) mass is 434 g/mol. The summed E-state index contributed by atoms with van der Waals surface area (Å²) in [5.74, 6) is -1.72. The van der Waals surface area contributed by atoms with E-state index in [-0.39, 0.29) is 19.6 Å². The lowest BCUT2D eigenvalue weighted by molar-refractivity contribution is -0.139. The van der Waals surface area contributed by atoms with Gasteiger partial charge in [-0.25, -0.2) is 9.59 Å². The molecule has 1 aliphatic rings. The summed E-state index contributed by atoms with van der Waals surface area (Å²) in [7, 11) is 0. The number of hydrogen-bond donors (Lipinski definition) is 4. The minimum Gasteiger partial charge on any atom is -0.480 e. The standard InChI is InChI=1S/C20H26N4O7/c1-2-3-8-30-20(29)23-17(19(27)28)11-21-18(26)10-15-9-16(24-31-15)13-4-6-14(7-5-13)22-12-25/h4-7,12,15,17H,2-3,8-11H2,1H3,(H,21,26)(H,22,25)(H,23,29)(H,27,28). The normalized spacial score (nSPS) is 15.8. The van der Waals surface area contributed by atoms with Crippen molar-refractivity contribution in [3.8, 4) is 0 Å². The zero-order valence-electron chi connectivity index (χ0n) is 17.1. The van der Waals surface area contributed by atoms with E-state index in [1.807, 2.05) is 6.92 Å². The number of rotatable bonds is 12. The minimum absolute atomic E-state index is 0.0228. The van der Waals surface area contributed by atoms with Crippen LogP contribution in [-0.4, -0.2) is 60.5 Å². The first-order valence-electron chi connectivity index (χ1n) is 9.89. The average Bonchev–Trinajstić information content (AvgIpc) is 3.20. The van der Waals surface area contributed by atoms with Gasteiger partial charge in [-0.15, -0.1) is 0 Å². The highest BCUT2D eigenvalue weighted by Gasteiger charge is 2.26. The molecule has 1 aromatic carbocycles. The summed E-state index contributed by atoms with van der Waals surface area (Å²) in [5, 5.41) is 20.4. The second-order valence-corrected chi connectivity index (χ2v) is 6.84. The maximum atomic E-state index is 12.2. The van der Waals surface area contributed by atoms with Crippen molar-refractivity contribution in [1.82, 2.24) is 10.6 Å². The van der Waals surface area contributed by atoms with E-state index in [0.29, 0.717) is 30.7 Å². The number of carboxylic acids is 1. The Morgan fingerprint density at radius 2 is 2.06 bits per heavy atom. The van der Waals surface area contributed by atoms with Gasteiger partial charge in [-0.1, -0.05) is 30.6 Å². The molecule has 0 aromatic heterocycles. The molecule has 2 unspecified atom stereocenters. The SMILES string of the molecule is CCCCOC(=O)NC(CNC(=O)CC1CC(c2ccc(NC=O)cc2)=NO1)C(=O)O. The van der Waals surface area contributed by atoms with Crippen molar-refractivity contribution >= 4 is 35.8 Å². The molecule has 11 heteroatoms. The van der Waals surface area contributed by atoms with Crippen molar-refractivity contribution in [2.75, 3.05) is 18.5 Å². The van der Waals surface area contributed by atoms with Crippen LogP contribution >= 0.6 is 0 Å². The Morgan fingerprint density at radius 1 is 1.32 bits per heavy atom. The number of benzene rings is 1. The van der Waals surface area contributed by atoms with Crippen LogP contribution in [0.4, 0.5) is 10.5 Å². The topological polar surface area (TPSA) is 155 Å². The van der Waals surface area contributed by atoms with E-state index in [4.69, 9.17) is 9.57 Å². The van der Waals surface area contributed by atoms with Crippen LogP contribution in [0.3, 0.4) is 0 Å². The van der Waals surface area contributed by atoms with Crippen LogP contribution in [0, 0.1) is 0 Å². The summed E-state index contributed by atoms with van der Waals surface area (Å²) in [5.41, 5.74) is 2.11. The van der Waals surface area contributed by atoms with Crippen LogP contribution < -0.4 is 16.0 Å². The Bertz CT molecular complexity index is 810. The van der Waals surface area contributed by atoms with Crippen molar-refractivity contribution < 1.29 is 33.9 Å². The number of oxime groups is 1. The first-order valence-corrected chi connectivity index (χ1v) is 9.89. The molecule has 1 aliphatic heterocycles. The number of nitrogens with zero attached hydrogens (tertiary/aromatic N) is 1. The summed E-state index contributed by atoms with van der Waals surface area (Å²) in [4.78, 5) is 50.8. The molecule has 0 saturated heterocycles. The Labute approximate surface area is 179 Å². The van der Waals surface area contributed by atoms with E-state index < -0.39 is 30.1 Å². The van der Waals surface area contributed by atoms with Crippen molar-refractivity contribution in [2.45, 2.75) is 44.8 Å². The number of alkyl carbamates (subject to hydrolysis) is 1. The summed E-state index contributed by atoms with van der Waals surface area (Å²) in [6, 6.07) is 5.68. The number of carboxylic acid groups (broad SMARTS) is 1. The first-order chi connectivity index (χ1) is 14.9. The van der Waals surface area contributed by atoms with Crippen molar-refractivity contribution in [1.29, 1.82) is 0 Å². The molecule has 11 nitrogen and oxygen atoms in total. The summed E-state index contributed by atoms with van der Waals surface area (Å²) >= 11 is 0. The molecule has 0 fully saturated rings. The maximum absolute atomic E-state index is 12.2. The minimum atomic E-state index is -1.31. The predicted octanol–water partition coefficient (Wildman–Crippen LogP) is 1.23. The van der Waals surface area contributed by atoms with E-state index in [1.165, 1.54) is 0 Å². The van der Waals surface area contributed by atoms with E-state index >= 15 is 0 Å². The van der Waals surface area contributed by atoms with Crippen LogP contribution in [0.15, 0.2) is 29.4 Å². The van der Waals surface area contributed by atoms with E-state index in [9.17, 15) is 24.3 Å². The quantitative estimate of drug-likeness (QED) is 0.285. The van der Waals surface area contributed by atoms with Crippen LogP contribution in [0.5, 0.6) is 0 Å². The third-order valence-electron chi connectivity index (χ3n) is 4.41. The molecule has 3 amide bonds. The number of anilines is 1. The molecule has 31 heavy (non-hydrogen) atoms. The number of hydrogen-bond acceptors (Lipinski definition) is 7. The van der Waals surface area contributed by atoms with Gasteiger partial charge in [-0.3, -0.25) is 9.59 Å². The third kappa shape index (κ3) is 7.96. The number of amides is 3. The number of carbonyl (C=O) groups is 4. The molecular formula is C20H26N4O7. The van der Waals surface area contributed by atoms with E-state index in [2.05, 4.69) is 21.1 Å². The second kappa shape index (κ2) is 12.2. The van der Waals surface area contributed by atoms with Crippen molar-refractivity contribution in [3.05, 3.63) is 29.8 Å². The lowest BCUT2D eigenvalue weighted by atomic mass is 10.0. The van der Waals surface area contributed by atoms with Gasteiger partial charge in [0.1, 0.15) is 12.1 Å². The average molecular weight is 434 g/mol. The van der Waals surface area contributed by atoms with Gasteiger partial charge in [0.2, 0.25) is 12.3 Å². The fourth-order valence-corrected chi connectivity index (χ4v) is 2.72. The molecule has 4 N–H and O–H groups in total. The highest BCUT2D eigenvalue weighted by atomic mass is 16.6. The lowest BCUT2D eigenvalue weighted by Gasteiger charge is -2.16. The predicted molar refractivity (Wildman–Crippen MR) is 111 cm³/mol. The third-order valence-corrected chi connectivity index (χ3v) is 4.41. The molecule has 168 valence electrons. The molecule has 2 rings (SSSR count). The number of ether oxygens (including phenoxy) is 1. The molecule has 0 spiro atoms. The summed E-state index contributed by atoms with van der Waals surface area (Å²) in [6.45, 7) is 1.84. The van der Waals surface area contributed by atoms with Crippen LogP contribution in [0.1, 0.15) is 38.2 Å². The van der Waals surface area contributed by atoms with Gasteiger partial charge in [-0.05, 0) is 24.1 Å². The number of nitrogens with one attached hydrogen (secondary N) is 3. The van der Waals surface area contributed by atoms with E-state index in [0.717, 1.165) is 12.0 Å². The van der Waals surface area contributed by atoms with Crippen LogP contribution in [0.2, 0.25) is 0 Å². The molecule has 0 saturated carbocycles. The summed E-state index contributed by atoms with van der Waals surface area (Å²) < 4.78 is 4.87. The summed E-state index contributed by atoms with van der Waals surface area (Å²) in [6.07, 6.45) is 1.14. The zero-order chi connectivity index (χ0) is 22.6. The lowest BCUT2D eigenvalue weighted by Crippen LogP contribution is -2.48. The van der Waals surface area contributed by atoms with E-state index in [1.54, 1.807) is 24.3 Å². The van der Waals surface area contributed by atoms with Gasteiger partial charge in [0, 0.05) is 18.7 Å². The Morgan fingerprint density at radius 3 is 2.71 bits per heavy atom. The Balaban J connectivity index is 1.76. The van der Waals surface area contributed by atoms with Crippen LogP contribution in [-0.2, 0) is 24.0 Å². The number of carbonyl (C=O) groups excluding carboxylic acids is 3. The zero-order valence-corrected chi connectivity index (χ0v) is 17.1. The number of unbranched alkanes of at least 4 members (excludes halogenated alkanes) is 1. The van der Waals surface area contributed by atoms with Gasteiger partial charge >= 0.3 is 12.1 Å². The van der Waals surface area contributed by atoms with Gasteiger partial charge in [0.15, 0.2) is 0 Å². The molecular weight excluding hydrogens is 408 g/mol. The first kappa shape index (κ1) is 23.6. The van der Waals surface area contributed by atoms with Gasteiger partial charge in [-0.2, -0.15) is 0 Å². The van der Waals surface area contributed by atoms with Gasteiger partial charge in [0.25, 0.3) is 0 Å². The molecule has 0 bridgehead atoms. The fourth-order valence-electron chi connectivity index (χ4n) is 2.72. The largest absolute Gasteiger partial charge is 0.480 e. The number of aliphatic carboxylic acids is 1. The molecule has 0 radical (unpaired) electrons. The van der Waals surface area contributed by atoms with Crippen molar-refractivity contribution in [3.63, 3.8) is 0 Å². The van der Waals surface area contributed by atoms with Crippen LogP contribution in [0.25, 0.3) is 0 Å². The van der Waals surface area contributed by atoms with Gasteiger partial charge in [0.05, 0.1) is 18.7 Å². The van der Waals surface area contributed by atoms with Gasteiger partial charge < -0.3 is 30.6 Å². The smallest absolute Gasteiger partial charge is 0.407 e. The fraction of sp³-hybridized carbons (Fsp3) is 0.450. The van der Waals surface area contributed by atoms with Crippen molar-refractivity contribution in [2.24, 2.45) is 5.16 Å². The highest BCUT2D eigenvalue weighted by Crippen LogP contribution is 2.20. The Hall–Kier alpha value is -3.63. The second-order valence-electron chi connectivity index (χ2n) is 6.84. The molecule has 1 aromatic rings. The Kier molecular flexibility index (Phi) is 9.27. The molecule has 2 atom stereocenters. The molecule has 0 aliphatic carbocycles. The molecule has 1 heterocycles.